The van der Waals surface area contributed by atoms with Crippen LogP contribution in [0.15, 0.2) is 29.2 Å². The molecule has 0 radical (unpaired) electrons. The lowest BCUT2D eigenvalue weighted by atomic mass is 9.91. The molecule has 0 aliphatic carbocycles. The highest BCUT2D eigenvalue weighted by Crippen LogP contribution is 2.24. The van der Waals surface area contributed by atoms with Gasteiger partial charge in [-0.25, -0.2) is 0 Å². The van der Waals surface area contributed by atoms with Crippen LogP contribution in [0, 0.1) is 0 Å². The number of hydrogen-bond acceptors (Lipinski definition) is 6. The van der Waals surface area contributed by atoms with Crippen molar-refractivity contribution in [3.63, 3.8) is 0 Å². The third-order valence-electron chi connectivity index (χ3n) is 4.35. The van der Waals surface area contributed by atoms with E-state index in [9.17, 15) is 9.59 Å². The van der Waals surface area contributed by atoms with Crippen molar-refractivity contribution >= 4 is 23.5 Å². The van der Waals surface area contributed by atoms with E-state index < -0.39 is 5.54 Å². The third-order valence-corrected chi connectivity index (χ3v) is 5.37. The van der Waals surface area contributed by atoms with Crippen molar-refractivity contribution in [1.82, 2.24) is 4.90 Å². The van der Waals surface area contributed by atoms with Crippen LogP contribution < -0.4 is 0 Å². The second-order valence-electron chi connectivity index (χ2n) is 6.42. The van der Waals surface area contributed by atoms with Gasteiger partial charge in [-0.05, 0) is 32.9 Å². The monoisotopic (exact) mass is 365 g/mol. The van der Waals surface area contributed by atoms with Crippen molar-refractivity contribution in [2.75, 3.05) is 38.7 Å². The van der Waals surface area contributed by atoms with Gasteiger partial charge in [0.1, 0.15) is 0 Å². The van der Waals surface area contributed by atoms with E-state index in [1.807, 2.05) is 38.1 Å². The lowest BCUT2D eigenvalue weighted by Crippen LogP contribution is -2.54. The Hall–Kier alpha value is -1.37. The van der Waals surface area contributed by atoms with E-state index in [0.29, 0.717) is 37.6 Å². The molecule has 0 spiro atoms. The summed E-state index contributed by atoms with van der Waals surface area (Å²) in [6, 6.07) is 7.63. The Labute approximate surface area is 154 Å². The Balaban J connectivity index is 1.92. The number of nitrogens with zero attached hydrogens (tertiary/aromatic N) is 1. The first-order chi connectivity index (χ1) is 11.9. The number of ether oxygens (including phenoxy) is 2. The highest BCUT2D eigenvalue weighted by atomic mass is 32.2. The van der Waals surface area contributed by atoms with Crippen molar-refractivity contribution in [2.45, 2.75) is 37.6 Å². The largest absolute Gasteiger partial charge is 0.466 e. The molecule has 0 unspecified atom stereocenters. The number of rotatable bonds is 8. The molecule has 0 N–H and O–H groups in total. The molecular formula is C19H27NO4S. The first-order valence-corrected chi connectivity index (χ1v) is 9.69. The Bertz CT molecular complexity index is 580. The molecule has 138 valence electrons. The molecule has 1 aliphatic heterocycles. The Morgan fingerprint density at radius 2 is 1.84 bits per heavy atom. The van der Waals surface area contributed by atoms with E-state index in [-0.39, 0.29) is 11.8 Å². The fourth-order valence-corrected chi connectivity index (χ4v) is 3.64. The predicted octanol–water partition coefficient (Wildman–Crippen LogP) is 3.03. The van der Waals surface area contributed by atoms with Gasteiger partial charge in [-0.1, -0.05) is 12.1 Å². The quantitative estimate of drug-likeness (QED) is 0.401. The number of morpholine rings is 1. The zero-order chi connectivity index (χ0) is 18.3. The van der Waals surface area contributed by atoms with Crippen molar-refractivity contribution < 1.29 is 19.1 Å². The lowest BCUT2D eigenvalue weighted by Gasteiger charge is -2.39. The molecule has 1 aliphatic rings. The molecule has 0 saturated carbocycles. The number of hydrogen-bond donors (Lipinski definition) is 0. The normalized spacial score (nSPS) is 15.8. The molecule has 0 bridgehead atoms. The van der Waals surface area contributed by atoms with Crippen LogP contribution in [0.1, 0.15) is 37.6 Å². The lowest BCUT2D eigenvalue weighted by molar-refractivity contribution is -0.142. The average molecular weight is 365 g/mol. The maximum absolute atomic E-state index is 12.9. The fraction of sp³-hybridized carbons (Fsp3) is 0.579. The smallest absolute Gasteiger partial charge is 0.306 e. The number of carbonyl (C=O) groups is 2. The minimum absolute atomic E-state index is 0.123. The molecule has 1 fully saturated rings. The van der Waals surface area contributed by atoms with Gasteiger partial charge < -0.3 is 9.47 Å². The molecule has 1 aromatic carbocycles. The maximum atomic E-state index is 12.9. The highest BCUT2D eigenvalue weighted by molar-refractivity contribution is 7.99. The molecule has 6 heteroatoms. The van der Waals surface area contributed by atoms with Crippen LogP contribution in [0.3, 0.4) is 0 Å². The van der Waals surface area contributed by atoms with Gasteiger partial charge in [0.2, 0.25) is 0 Å². The molecule has 0 amide bonds. The Kier molecular flexibility index (Phi) is 7.47. The van der Waals surface area contributed by atoms with Gasteiger partial charge in [0.15, 0.2) is 5.78 Å². The van der Waals surface area contributed by atoms with E-state index >= 15 is 0 Å². The third kappa shape index (κ3) is 5.56. The SMILES string of the molecule is CCOC(=O)CCSc1ccc(C(=O)C(C)(C)N2CCOCC2)cc1. The summed E-state index contributed by atoms with van der Waals surface area (Å²) in [6.45, 7) is 9.07. The number of esters is 1. The zero-order valence-electron chi connectivity index (χ0n) is 15.2. The molecule has 2 rings (SSSR count). The summed E-state index contributed by atoms with van der Waals surface area (Å²) in [7, 11) is 0. The van der Waals surface area contributed by atoms with Crippen molar-refractivity contribution in [3.8, 4) is 0 Å². The van der Waals surface area contributed by atoms with Gasteiger partial charge in [-0.2, -0.15) is 0 Å². The molecular weight excluding hydrogens is 338 g/mol. The second kappa shape index (κ2) is 9.36. The molecule has 5 nitrogen and oxygen atoms in total. The second-order valence-corrected chi connectivity index (χ2v) is 7.58. The summed E-state index contributed by atoms with van der Waals surface area (Å²) in [4.78, 5) is 27.5. The van der Waals surface area contributed by atoms with Gasteiger partial charge in [0, 0.05) is 29.3 Å². The zero-order valence-corrected chi connectivity index (χ0v) is 16.1. The van der Waals surface area contributed by atoms with Gasteiger partial charge >= 0.3 is 5.97 Å². The minimum atomic E-state index is -0.539. The van der Waals surface area contributed by atoms with Crippen molar-refractivity contribution in [2.24, 2.45) is 0 Å². The molecule has 25 heavy (non-hydrogen) atoms. The van der Waals surface area contributed by atoms with Crippen LogP contribution in [0.5, 0.6) is 0 Å². The molecule has 0 atom stereocenters. The summed E-state index contributed by atoms with van der Waals surface area (Å²) in [5.41, 5.74) is 0.175. The number of carbonyl (C=O) groups excluding carboxylic acids is 2. The van der Waals surface area contributed by atoms with Crippen LogP contribution in [0.25, 0.3) is 0 Å². The van der Waals surface area contributed by atoms with E-state index in [0.717, 1.165) is 18.0 Å². The summed E-state index contributed by atoms with van der Waals surface area (Å²) >= 11 is 1.59. The van der Waals surface area contributed by atoms with E-state index in [1.54, 1.807) is 18.7 Å². The Morgan fingerprint density at radius 1 is 1.20 bits per heavy atom. The predicted molar refractivity (Wildman–Crippen MR) is 99.2 cm³/mol. The Morgan fingerprint density at radius 3 is 2.44 bits per heavy atom. The standard InChI is InChI=1S/C19H27NO4S/c1-4-24-17(21)9-14-25-16-7-5-15(6-8-16)18(22)19(2,3)20-10-12-23-13-11-20/h5-8H,4,9-14H2,1-3H3. The van der Waals surface area contributed by atoms with Gasteiger partial charge in [-0.15, -0.1) is 11.8 Å². The number of thioether (sulfide) groups is 1. The first kappa shape index (κ1) is 19.9. The maximum Gasteiger partial charge on any atom is 0.306 e. The molecule has 0 aromatic heterocycles. The summed E-state index contributed by atoms with van der Waals surface area (Å²) < 4.78 is 10.3. The number of Topliss-reactive ketones (excluding diaryl/α,β-unsaturated/α-hetero) is 1. The molecule has 1 heterocycles. The van der Waals surface area contributed by atoms with Crippen LogP contribution in [0.4, 0.5) is 0 Å². The van der Waals surface area contributed by atoms with Crippen molar-refractivity contribution in [1.29, 1.82) is 0 Å². The van der Waals surface area contributed by atoms with Crippen LogP contribution in [-0.2, 0) is 14.3 Å². The van der Waals surface area contributed by atoms with Crippen LogP contribution in [-0.4, -0.2) is 60.9 Å². The van der Waals surface area contributed by atoms with Gasteiger partial charge in [0.25, 0.3) is 0 Å². The van der Waals surface area contributed by atoms with Gasteiger partial charge in [-0.3, -0.25) is 14.5 Å². The molecule has 1 aromatic rings. The van der Waals surface area contributed by atoms with E-state index in [1.165, 1.54) is 0 Å². The number of ketones is 1. The summed E-state index contributed by atoms with van der Waals surface area (Å²) in [5, 5.41) is 0. The average Bonchev–Trinajstić information content (AvgIpc) is 2.62. The van der Waals surface area contributed by atoms with E-state index in [4.69, 9.17) is 9.47 Å². The van der Waals surface area contributed by atoms with Crippen LogP contribution >= 0.6 is 11.8 Å². The van der Waals surface area contributed by atoms with Crippen LogP contribution in [0.2, 0.25) is 0 Å². The fourth-order valence-electron chi connectivity index (χ4n) is 2.81. The van der Waals surface area contributed by atoms with Crippen molar-refractivity contribution in [3.05, 3.63) is 29.8 Å². The summed E-state index contributed by atoms with van der Waals surface area (Å²) in [5.74, 6) is 0.623. The highest BCUT2D eigenvalue weighted by Gasteiger charge is 2.35. The summed E-state index contributed by atoms with van der Waals surface area (Å²) in [6.07, 6.45) is 0.392. The van der Waals surface area contributed by atoms with E-state index in [2.05, 4.69) is 4.90 Å². The minimum Gasteiger partial charge on any atom is -0.466 e. The number of benzene rings is 1. The molecule has 1 saturated heterocycles. The topological polar surface area (TPSA) is 55.8 Å². The first-order valence-electron chi connectivity index (χ1n) is 8.71. The van der Waals surface area contributed by atoms with Gasteiger partial charge in [0.05, 0.1) is 31.8 Å².